The van der Waals surface area contributed by atoms with E-state index in [0.29, 0.717) is 41.9 Å². The van der Waals surface area contributed by atoms with Crippen LogP contribution in [0.25, 0.3) is 0 Å². The van der Waals surface area contributed by atoms with Crippen molar-refractivity contribution in [2.75, 3.05) is 6.61 Å². The normalized spacial score (nSPS) is 12.1. The second-order valence-corrected chi connectivity index (χ2v) is 12.7. The molecule has 0 saturated carbocycles. The van der Waals surface area contributed by atoms with Crippen molar-refractivity contribution in [3.63, 3.8) is 0 Å². The van der Waals surface area contributed by atoms with Crippen LogP contribution in [0, 0.1) is 18.8 Å². The average Bonchev–Trinajstić information content (AvgIpc) is 3.30. The number of carbonyl (C=O) groups excluding carboxylic acids is 3. The summed E-state index contributed by atoms with van der Waals surface area (Å²) in [6.07, 6.45) is 2.92. The van der Waals surface area contributed by atoms with Crippen molar-refractivity contribution in [1.82, 2.24) is 0 Å². The lowest BCUT2D eigenvalue weighted by atomic mass is 9.92. The number of aryl methyl sites for hydroxylation is 1. The Hall–Kier alpha value is -4.74. The molecule has 0 fully saturated rings. The summed E-state index contributed by atoms with van der Waals surface area (Å²) in [4.78, 5) is 68.6. The van der Waals surface area contributed by atoms with E-state index in [4.69, 9.17) is 13.6 Å². The molecule has 0 saturated heterocycles. The van der Waals surface area contributed by atoms with Gasteiger partial charge in [0.05, 0.1) is 6.26 Å². The van der Waals surface area contributed by atoms with Crippen molar-refractivity contribution in [2.45, 2.75) is 86.5 Å². The zero-order valence-corrected chi connectivity index (χ0v) is 27.5. The van der Waals surface area contributed by atoms with Crippen molar-refractivity contribution < 1.29 is 42.6 Å². The minimum absolute atomic E-state index is 0.0422. The van der Waals surface area contributed by atoms with Gasteiger partial charge in [-0.05, 0) is 31.6 Å². The Bertz CT molecular complexity index is 1730. The van der Waals surface area contributed by atoms with Crippen LogP contribution in [-0.4, -0.2) is 34.2 Å². The molecule has 0 amide bonds. The number of ether oxygens (including phenoxy) is 1. The SMILES string of the molecule is CC(C)CCC(=O)c1c(O)cc(C(C)(C)C)oc1=O.CC(C)CCC(=O)c1c(O)ccoc1=O.Cc1cc2c(c(=O)o1)C(=O)CO2. The smallest absolute Gasteiger partial charge is 0.350 e. The summed E-state index contributed by atoms with van der Waals surface area (Å²) in [5.41, 5.74) is -2.95. The van der Waals surface area contributed by atoms with E-state index < -0.39 is 22.3 Å². The Morgan fingerprint density at radius 1 is 0.804 bits per heavy atom. The predicted octanol–water partition coefficient (Wildman–Crippen LogP) is 5.75. The molecule has 46 heavy (non-hydrogen) atoms. The molecule has 12 heteroatoms. The highest BCUT2D eigenvalue weighted by molar-refractivity contribution is 6.01. The minimum Gasteiger partial charge on any atom is -0.507 e. The number of ketones is 3. The van der Waals surface area contributed by atoms with Crippen molar-refractivity contribution in [3.05, 3.63) is 83.9 Å². The third-order valence-electron chi connectivity index (χ3n) is 6.66. The molecule has 0 unspecified atom stereocenters. The van der Waals surface area contributed by atoms with E-state index in [1.165, 1.54) is 12.1 Å². The first-order chi connectivity index (χ1) is 21.3. The first-order valence-corrected chi connectivity index (χ1v) is 14.9. The Labute approximate surface area is 266 Å². The summed E-state index contributed by atoms with van der Waals surface area (Å²) in [6, 6.07) is 4.11. The highest BCUT2D eigenvalue weighted by Gasteiger charge is 2.26. The molecule has 12 nitrogen and oxygen atoms in total. The van der Waals surface area contributed by atoms with E-state index in [2.05, 4.69) is 4.42 Å². The van der Waals surface area contributed by atoms with Crippen LogP contribution in [-0.2, 0) is 5.41 Å². The highest BCUT2D eigenvalue weighted by atomic mass is 16.5. The molecule has 4 rings (SSSR count). The van der Waals surface area contributed by atoms with E-state index in [-0.39, 0.29) is 65.0 Å². The summed E-state index contributed by atoms with van der Waals surface area (Å²) in [5.74, 6) is 0.293. The molecule has 0 radical (unpaired) electrons. The van der Waals surface area contributed by atoms with Crippen molar-refractivity contribution in [2.24, 2.45) is 11.8 Å². The van der Waals surface area contributed by atoms with Crippen LogP contribution in [0.4, 0.5) is 0 Å². The molecule has 0 aromatic carbocycles. The van der Waals surface area contributed by atoms with Gasteiger partial charge in [-0.1, -0.05) is 48.5 Å². The standard InChI is InChI=1S/C15H22O4.C11H14O4.C8H6O4/c1-9(2)6-7-10(16)13-11(17)8-12(15(3,4)5)19-14(13)18;1-7(2)3-4-8(12)10-9(13)5-6-15-11(10)14;1-4-2-6-7(8(10)12-4)5(9)3-11-6/h8-9,17H,6-7H2,1-5H3;5-7,13H,3-4H2,1-2H3;2H,3H2,1H3. The molecule has 1 aliphatic rings. The predicted molar refractivity (Wildman–Crippen MR) is 168 cm³/mol. The lowest BCUT2D eigenvalue weighted by molar-refractivity contribution is 0.0953. The highest BCUT2D eigenvalue weighted by Crippen LogP contribution is 2.27. The summed E-state index contributed by atoms with van der Waals surface area (Å²) >= 11 is 0. The van der Waals surface area contributed by atoms with Crippen LogP contribution < -0.4 is 21.6 Å². The van der Waals surface area contributed by atoms with E-state index in [9.17, 15) is 39.0 Å². The average molecular weight is 643 g/mol. The topological polar surface area (TPSA) is 192 Å². The van der Waals surface area contributed by atoms with Crippen LogP contribution in [0.15, 0.2) is 52.1 Å². The van der Waals surface area contributed by atoms with Crippen LogP contribution in [0.3, 0.4) is 0 Å². The van der Waals surface area contributed by atoms with Gasteiger partial charge in [-0.25, -0.2) is 14.4 Å². The first-order valence-electron chi connectivity index (χ1n) is 14.9. The summed E-state index contributed by atoms with van der Waals surface area (Å²) in [7, 11) is 0. The first kappa shape index (κ1) is 37.4. The van der Waals surface area contributed by atoms with Crippen LogP contribution in [0.1, 0.15) is 117 Å². The zero-order chi connectivity index (χ0) is 34.9. The van der Waals surface area contributed by atoms with Crippen molar-refractivity contribution >= 4 is 17.3 Å². The minimum atomic E-state index is -0.774. The largest absolute Gasteiger partial charge is 0.507 e. The number of hydrogen-bond acceptors (Lipinski definition) is 12. The number of Topliss-reactive ketones (excluding diaryl/α,β-unsaturated/α-hetero) is 3. The Morgan fingerprint density at radius 3 is 1.83 bits per heavy atom. The van der Waals surface area contributed by atoms with Crippen LogP contribution >= 0.6 is 0 Å². The lowest BCUT2D eigenvalue weighted by Crippen LogP contribution is -2.20. The second-order valence-electron chi connectivity index (χ2n) is 12.7. The van der Waals surface area contributed by atoms with Gasteiger partial charge in [-0.15, -0.1) is 0 Å². The molecule has 3 aromatic heterocycles. The maximum atomic E-state index is 11.9. The molecule has 0 aliphatic carbocycles. The Morgan fingerprint density at radius 2 is 1.35 bits per heavy atom. The van der Waals surface area contributed by atoms with Gasteiger partial charge in [-0.3, -0.25) is 14.4 Å². The van der Waals surface area contributed by atoms with E-state index >= 15 is 0 Å². The molecule has 0 spiro atoms. The van der Waals surface area contributed by atoms with Gasteiger partial charge in [-0.2, -0.15) is 0 Å². The maximum absolute atomic E-state index is 11.9. The molecule has 2 N–H and O–H groups in total. The molecule has 250 valence electrons. The fourth-order valence-corrected chi connectivity index (χ4v) is 4.03. The monoisotopic (exact) mass is 642 g/mol. The molecule has 0 atom stereocenters. The number of hydrogen-bond donors (Lipinski definition) is 2. The zero-order valence-electron chi connectivity index (χ0n) is 27.5. The van der Waals surface area contributed by atoms with Gasteiger partial charge in [0.1, 0.15) is 45.5 Å². The fraction of sp³-hybridized carbons (Fsp3) is 0.471. The quantitative estimate of drug-likeness (QED) is 0.283. The maximum Gasteiger partial charge on any atom is 0.350 e. The fourth-order valence-electron chi connectivity index (χ4n) is 4.03. The lowest BCUT2D eigenvalue weighted by Gasteiger charge is -2.17. The van der Waals surface area contributed by atoms with Gasteiger partial charge in [0.2, 0.25) is 5.78 Å². The Kier molecular flexibility index (Phi) is 13.0. The number of aromatic hydroxyl groups is 2. The number of carbonyl (C=O) groups is 3. The summed E-state index contributed by atoms with van der Waals surface area (Å²) in [5, 5.41) is 19.2. The van der Waals surface area contributed by atoms with E-state index in [1.54, 1.807) is 13.0 Å². The number of fused-ring (bicyclic) bond motifs is 1. The molecular weight excluding hydrogens is 600 g/mol. The van der Waals surface area contributed by atoms with Crippen molar-refractivity contribution in [1.29, 1.82) is 0 Å². The summed E-state index contributed by atoms with van der Waals surface area (Å²) in [6.45, 7) is 15.1. The van der Waals surface area contributed by atoms with Crippen molar-refractivity contribution in [3.8, 4) is 17.2 Å². The van der Waals surface area contributed by atoms with Gasteiger partial charge >= 0.3 is 16.9 Å². The third kappa shape index (κ3) is 10.4. The van der Waals surface area contributed by atoms with E-state index in [1.807, 2.05) is 48.5 Å². The molecular formula is C34H42O12. The second kappa shape index (κ2) is 16.0. The van der Waals surface area contributed by atoms with Gasteiger partial charge in [0, 0.05) is 36.5 Å². The van der Waals surface area contributed by atoms with Gasteiger partial charge in [0.15, 0.2) is 18.2 Å². The number of rotatable bonds is 8. The molecule has 0 bridgehead atoms. The van der Waals surface area contributed by atoms with Gasteiger partial charge < -0.3 is 28.2 Å². The summed E-state index contributed by atoms with van der Waals surface area (Å²) < 4.78 is 19.4. The molecule has 3 aromatic rings. The molecule has 1 aliphatic heterocycles. The molecule has 4 heterocycles. The van der Waals surface area contributed by atoms with E-state index in [0.717, 1.165) is 6.26 Å². The van der Waals surface area contributed by atoms with Crippen LogP contribution in [0.5, 0.6) is 17.2 Å². The van der Waals surface area contributed by atoms with Crippen LogP contribution in [0.2, 0.25) is 0 Å². The van der Waals surface area contributed by atoms with Gasteiger partial charge in [0.25, 0.3) is 0 Å². The Balaban J connectivity index is 0.000000246. The third-order valence-corrected chi connectivity index (χ3v) is 6.66.